The Labute approximate surface area is 68.2 Å². The third-order valence-corrected chi connectivity index (χ3v) is 2.27. The van der Waals surface area contributed by atoms with Gasteiger partial charge in [-0.25, -0.2) is 0 Å². The zero-order valence-electron chi connectivity index (χ0n) is 5.92. The number of piperidine rings is 1. The maximum absolute atomic E-state index is 5.55. The molecule has 0 unspecified atom stereocenters. The summed E-state index contributed by atoms with van der Waals surface area (Å²) in [6.07, 6.45) is 2.04. The first-order valence-corrected chi connectivity index (χ1v) is 3.90. The monoisotopic (exact) mass is 154 g/mol. The Bertz CT molecular complexity index is 132. The summed E-state index contributed by atoms with van der Waals surface area (Å²) in [6, 6.07) is 0. The second kappa shape index (κ2) is 3.35. The summed E-state index contributed by atoms with van der Waals surface area (Å²) in [5.74, 6) is 0.426. The van der Waals surface area contributed by atoms with Gasteiger partial charge in [-0.3, -0.25) is 0 Å². The highest BCUT2D eigenvalue weighted by Crippen LogP contribution is 2.15. The largest absolute Gasteiger partial charge is 0.393 e. The summed E-state index contributed by atoms with van der Waals surface area (Å²) in [4.78, 5) is 2.46. The lowest BCUT2D eigenvalue weighted by Crippen LogP contribution is -2.36. The zero-order chi connectivity index (χ0) is 7.56. The summed E-state index contributed by atoms with van der Waals surface area (Å²) < 4.78 is 0. The van der Waals surface area contributed by atoms with Gasteiger partial charge < -0.3 is 10.5 Å². The number of nitrogens with two attached hydrogens (primary N) is 1. The van der Waals surface area contributed by atoms with Gasteiger partial charge >= 0.3 is 0 Å². The highest BCUT2D eigenvalue weighted by atomic mass is 32.1. The van der Waals surface area contributed by atoms with Gasteiger partial charge in [-0.05, 0) is 25.9 Å². The van der Waals surface area contributed by atoms with E-state index in [-0.39, 0.29) is 0 Å². The van der Waals surface area contributed by atoms with Crippen LogP contribution in [0.2, 0.25) is 0 Å². The highest BCUT2D eigenvalue weighted by Gasteiger charge is 2.17. The van der Waals surface area contributed by atoms with Gasteiger partial charge in [0.1, 0.15) is 0 Å². The van der Waals surface area contributed by atoms with E-state index in [0.717, 1.165) is 25.9 Å². The van der Waals surface area contributed by atoms with Gasteiger partial charge in [0, 0.05) is 5.92 Å². The summed E-state index contributed by atoms with van der Waals surface area (Å²) in [5.41, 5.74) is 5.48. The van der Waals surface area contributed by atoms with E-state index in [0.29, 0.717) is 10.9 Å². The molecule has 1 fully saturated rings. The van der Waals surface area contributed by atoms with Crippen molar-refractivity contribution >= 4 is 25.2 Å². The number of hydrogen-bond donors (Lipinski definition) is 1. The SMILES string of the molecule is [B]N1CCC(C(N)=S)CC1. The van der Waals surface area contributed by atoms with E-state index in [4.69, 9.17) is 25.9 Å². The number of thiocarbonyl (C=S) groups is 1. The summed E-state index contributed by atoms with van der Waals surface area (Å²) in [7, 11) is 5.55. The van der Waals surface area contributed by atoms with Crippen LogP contribution in [-0.4, -0.2) is 30.9 Å². The predicted octanol–water partition coefficient (Wildman–Crippen LogP) is 0.0680. The Morgan fingerprint density at radius 1 is 1.50 bits per heavy atom. The lowest BCUT2D eigenvalue weighted by molar-refractivity contribution is 0.331. The van der Waals surface area contributed by atoms with Crippen LogP contribution in [0.15, 0.2) is 0 Å². The molecule has 2 nitrogen and oxygen atoms in total. The summed E-state index contributed by atoms with van der Waals surface area (Å²) >= 11 is 4.87. The average Bonchev–Trinajstić information content (AvgIpc) is 1.88. The third-order valence-electron chi connectivity index (χ3n) is 1.93. The smallest absolute Gasteiger partial charge is 0.182 e. The molecule has 4 heteroatoms. The molecule has 1 aliphatic heterocycles. The van der Waals surface area contributed by atoms with Crippen LogP contribution < -0.4 is 5.73 Å². The molecule has 1 aliphatic rings. The topological polar surface area (TPSA) is 29.3 Å². The van der Waals surface area contributed by atoms with Crippen LogP contribution in [0.1, 0.15) is 12.8 Å². The standard InChI is InChI=1S/C6H11BN2S/c7-9-3-1-5(2-4-9)6(8)10/h5H,1-4H2,(H2,8,10). The van der Waals surface area contributed by atoms with Crippen molar-refractivity contribution in [3.8, 4) is 0 Å². The van der Waals surface area contributed by atoms with E-state index in [1.165, 1.54) is 0 Å². The van der Waals surface area contributed by atoms with Crippen molar-refractivity contribution in [3.63, 3.8) is 0 Å². The van der Waals surface area contributed by atoms with Crippen molar-refractivity contribution in [2.24, 2.45) is 11.7 Å². The van der Waals surface area contributed by atoms with Gasteiger partial charge in [0.05, 0.1) is 4.99 Å². The second-order valence-corrected chi connectivity index (χ2v) is 3.18. The molecule has 1 saturated heterocycles. The van der Waals surface area contributed by atoms with Gasteiger partial charge in [-0.2, -0.15) is 0 Å². The molecule has 0 atom stereocenters. The first-order chi connectivity index (χ1) is 4.70. The Kier molecular flexibility index (Phi) is 2.68. The second-order valence-electron chi connectivity index (χ2n) is 2.71. The number of hydrogen-bond acceptors (Lipinski definition) is 2. The Morgan fingerprint density at radius 2 is 2.00 bits per heavy atom. The molecule has 0 aromatic carbocycles. The minimum Gasteiger partial charge on any atom is -0.393 e. The van der Waals surface area contributed by atoms with Gasteiger partial charge in [0.25, 0.3) is 0 Å². The van der Waals surface area contributed by atoms with Crippen molar-refractivity contribution in [1.29, 1.82) is 0 Å². The molecule has 2 radical (unpaired) electrons. The molecule has 54 valence electrons. The first-order valence-electron chi connectivity index (χ1n) is 3.49. The molecular weight excluding hydrogens is 143 g/mol. The van der Waals surface area contributed by atoms with Crippen molar-refractivity contribution in [2.75, 3.05) is 13.1 Å². The maximum Gasteiger partial charge on any atom is 0.182 e. The Morgan fingerprint density at radius 3 is 2.40 bits per heavy atom. The van der Waals surface area contributed by atoms with Crippen LogP contribution in [0.5, 0.6) is 0 Å². The first kappa shape index (κ1) is 8.02. The van der Waals surface area contributed by atoms with E-state index in [1.807, 2.05) is 4.81 Å². The van der Waals surface area contributed by atoms with Crippen molar-refractivity contribution in [2.45, 2.75) is 12.8 Å². The van der Waals surface area contributed by atoms with Crippen LogP contribution in [0.3, 0.4) is 0 Å². The van der Waals surface area contributed by atoms with E-state index < -0.39 is 0 Å². The van der Waals surface area contributed by atoms with Gasteiger partial charge in [-0.1, -0.05) is 12.2 Å². The molecule has 0 aromatic rings. The van der Waals surface area contributed by atoms with Crippen molar-refractivity contribution in [3.05, 3.63) is 0 Å². The fourth-order valence-corrected chi connectivity index (χ4v) is 1.42. The number of nitrogens with zero attached hydrogens (tertiary/aromatic N) is 1. The predicted molar refractivity (Wildman–Crippen MR) is 46.8 cm³/mol. The zero-order valence-corrected chi connectivity index (χ0v) is 6.73. The lowest BCUT2D eigenvalue weighted by Gasteiger charge is -2.28. The van der Waals surface area contributed by atoms with Gasteiger partial charge in [0.15, 0.2) is 7.98 Å². The number of rotatable bonds is 1. The van der Waals surface area contributed by atoms with Crippen molar-refractivity contribution < 1.29 is 0 Å². The molecule has 2 N–H and O–H groups in total. The minimum absolute atomic E-state index is 0.426. The molecule has 1 heterocycles. The Balaban J connectivity index is 2.33. The molecular formula is C6H11BN2S. The van der Waals surface area contributed by atoms with E-state index in [9.17, 15) is 0 Å². The summed E-state index contributed by atoms with van der Waals surface area (Å²) in [6.45, 7) is 1.84. The molecule has 0 bridgehead atoms. The quantitative estimate of drug-likeness (QED) is 0.428. The minimum atomic E-state index is 0.426. The molecule has 1 rings (SSSR count). The molecule has 10 heavy (non-hydrogen) atoms. The molecule has 0 spiro atoms. The fraction of sp³-hybridized carbons (Fsp3) is 0.833. The van der Waals surface area contributed by atoms with Crippen LogP contribution >= 0.6 is 12.2 Å². The average molecular weight is 154 g/mol. The Hall–Kier alpha value is -0.0851. The molecule has 0 amide bonds. The van der Waals surface area contributed by atoms with Crippen molar-refractivity contribution in [1.82, 2.24) is 4.81 Å². The maximum atomic E-state index is 5.55. The summed E-state index contributed by atoms with van der Waals surface area (Å²) in [5, 5.41) is 0. The van der Waals surface area contributed by atoms with Gasteiger partial charge in [-0.15, -0.1) is 0 Å². The highest BCUT2D eigenvalue weighted by molar-refractivity contribution is 7.80. The third kappa shape index (κ3) is 1.95. The van der Waals surface area contributed by atoms with Gasteiger partial charge in [0.2, 0.25) is 0 Å². The van der Waals surface area contributed by atoms with E-state index in [1.54, 1.807) is 0 Å². The van der Waals surface area contributed by atoms with Crippen LogP contribution in [0.25, 0.3) is 0 Å². The van der Waals surface area contributed by atoms with E-state index >= 15 is 0 Å². The molecule has 0 aliphatic carbocycles. The fourth-order valence-electron chi connectivity index (χ4n) is 1.18. The normalized spacial score (nSPS) is 22.8. The van der Waals surface area contributed by atoms with Crippen LogP contribution in [0.4, 0.5) is 0 Å². The molecule has 0 saturated carbocycles. The van der Waals surface area contributed by atoms with Crippen LogP contribution in [0, 0.1) is 5.92 Å². The van der Waals surface area contributed by atoms with E-state index in [2.05, 4.69) is 0 Å². The van der Waals surface area contributed by atoms with Crippen LogP contribution in [-0.2, 0) is 0 Å². The lowest BCUT2D eigenvalue weighted by atomic mass is 9.95. The molecule has 0 aromatic heterocycles.